The van der Waals surface area contributed by atoms with Crippen molar-refractivity contribution in [1.29, 1.82) is 0 Å². The first-order chi connectivity index (χ1) is 37.3. The SMILES string of the molecule is CC(=O)N[C@H]1[C@H](O[C@H]2[C@@H](O)[C@@H](CO)O[C@@H](O[C@H]3[C@H](O)[C@@H](O)C(O)O[C@@H]3CO)[C@@H]2O)O[C@H](CO)[C@@H](O[C@@H]2O[C@H](CO)[C@H](O)[C@H](O[C@H]3O[C@H](CO)[C@H](O)[C@H](O)[C@H]3O)[C@H]2O[C@@H]2O[C@@H](C)[C@@H](O)[C@@H](O)[C@@H]2O)[C@@H]1O[C@@H]1O[C@@H](C)[C@@H](O)[C@@H](O)[C@@H]1O. The Kier molecular flexibility index (Phi) is 22.5. The van der Waals surface area contributed by atoms with Gasteiger partial charge >= 0.3 is 0 Å². The molecule has 0 spiro atoms. The van der Waals surface area contributed by atoms with E-state index in [1.807, 2.05) is 0 Å². The highest BCUT2D eigenvalue weighted by Gasteiger charge is 2.60. The van der Waals surface area contributed by atoms with Crippen LogP contribution in [0.1, 0.15) is 20.8 Å². The van der Waals surface area contributed by atoms with Crippen LogP contribution in [0.25, 0.3) is 0 Å². The molecule has 1 amide bonds. The minimum Gasteiger partial charge on any atom is -0.394 e. The van der Waals surface area contributed by atoms with E-state index < -0.39 is 254 Å². The Labute approximate surface area is 447 Å². The first kappa shape index (κ1) is 64.7. The second-order valence-electron chi connectivity index (χ2n) is 20.3. The van der Waals surface area contributed by atoms with Crippen molar-refractivity contribution in [3.05, 3.63) is 0 Å². The van der Waals surface area contributed by atoms with Gasteiger partial charge in [0, 0.05) is 6.92 Å². The van der Waals surface area contributed by atoms with E-state index in [4.69, 9.17) is 61.6 Å². The predicted molar refractivity (Wildman–Crippen MR) is 241 cm³/mol. The van der Waals surface area contributed by atoms with Gasteiger partial charge in [-0.1, -0.05) is 0 Å². The van der Waals surface area contributed by atoms with Crippen molar-refractivity contribution in [2.75, 3.05) is 33.0 Å². The van der Waals surface area contributed by atoms with Gasteiger partial charge in [0.2, 0.25) is 5.91 Å². The third kappa shape index (κ3) is 13.5. The summed E-state index contributed by atoms with van der Waals surface area (Å²) in [7, 11) is 0. The lowest BCUT2D eigenvalue weighted by Crippen LogP contribution is -2.72. The van der Waals surface area contributed by atoms with Crippen molar-refractivity contribution < 1.29 is 169 Å². The van der Waals surface area contributed by atoms with E-state index >= 15 is 0 Å². The smallest absolute Gasteiger partial charge is 0.217 e. The molecular weight excluding hydrogens is 1090 g/mol. The quantitative estimate of drug-likeness (QED) is 0.0606. The van der Waals surface area contributed by atoms with Crippen LogP contribution in [0.5, 0.6) is 0 Å². The highest BCUT2D eigenvalue weighted by atomic mass is 16.8. The zero-order valence-corrected chi connectivity index (χ0v) is 42.4. The van der Waals surface area contributed by atoms with E-state index in [-0.39, 0.29) is 0 Å². The standard InChI is InChI=1S/C44H75NO34/c1-9-18(52)23(57)28(62)40(67-9)76-34-17(45-11(3)51)39(77-35-21(55)13(5-47)71-43(31(35)65)74-32-15(7-49)69-38(66)27(61)26(32)60)73-16(8-50)33(34)75-44-37(79-41-29(63)24(58)19(53)10(2)68-41)36(22(56)14(6-48)72-44)78-42-30(64)25(59)20(54)12(4-46)70-42/h9-10,12-44,46-50,52-66H,4-8H2,1-3H3,(H,45,51)/t9-,10-,12+,13+,14+,15+,16+,17+,18+,19+,20-,21-,22-,23+,24+,25-,26+,27+,28-,29-,30+,31+,32+,33+,34+,35-,36-,37+,38?,39-,40-,41-,42+,43-,44-/m0/s1. The number of carbonyl (C=O) groups is 1. The fourth-order valence-electron chi connectivity index (χ4n) is 10.3. The maximum absolute atomic E-state index is 13.3. The van der Waals surface area contributed by atoms with Crippen LogP contribution < -0.4 is 5.32 Å². The third-order valence-corrected chi connectivity index (χ3v) is 14.9. The van der Waals surface area contributed by atoms with Crippen molar-refractivity contribution in [2.24, 2.45) is 0 Å². The molecule has 7 aliphatic rings. The molecule has 35 nitrogen and oxygen atoms in total. The summed E-state index contributed by atoms with van der Waals surface area (Å²) in [5, 5.41) is 218. The van der Waals surface area contributed by atoms with Gasteiger partial charge in [-0.3, -0.25) is 4.79 Å². The molecule has 0 bridgehead atoms. The van der Waals surface area contributed by atoms with E-state index in [0.29, 0.717) is 0 Å². The van der Waals surface area contributed by atoms with Crippen molar-refractivity contribution in [2.45, 2.75) is 236 Å². The Morgan fingerprint density at radius 3 is 1.20 bits per heavy atom. The maximum atomic E-state index is 13.3. The van der Waals surface area contributed by atoms with Crippen LogP contribution >= 0.6 is 0 Å². The highest BCUT2D eigenvalue weighted by molar-refractivity contribution is 5.73. The maximum Gasteiger partial charge on any atom is 0.217 e. The molecule has 35 heteroatoms. The lowest BCUT2D eigenvalue weighted by molar-refractivity contribution is -0.411. The van der Waals surface area contributed by atoms with Gasteiger partial charge in [-0.2, -0.15) is 0 Å². The van der Waals surface area contributed by atoms with Crippen LogP contribution in [0.15, 0.2) is 0 Å². The fourth-order valence-corrected chi connectivity index (χ4v) is 10.3. The molecule has 7 fully saturated rings. The molecule has 0 aromatic rings. The number of hydrogen-bond acceptors (Lipinski definition) is 34. The molecule has 0 aliphatic carbocycles. The number of hydrogen-bond donors (Lipinski definition) is 21. The summed E-state index contributed by atoms with van der Waals surface area (Å²) in [5.41, 5.74) is 0. The second-order valence-corrected chi connectivity index (χ2v) is 20.3. The summed E-state index contributed by atoms with van der Waals surface area (Å²) in [5.74, 6) is -0.944. The second kappa shape index (κ2) is 27.5. The van der Waals surface area contributed by atoms with E-state index in [1.54, 1.807) is 0 Å². The van der Waals surface area contributed by atoms with Gasteiger partial charge < -0.3 is 169 Å². The Balaban J connectivity index is 1.29. The number of amides is 1. The van der Waals surface area contributed by atoms with Crippen molar-refractivity contribution >= 4 is 5.91 Å². The van der Waals surface area contributed by atoms with Gasteiger partial charge in [-0.15, -0.1) is 0 Å². The molecule has 79 heavy (non-hydrogen) atoms. The summed E-state index contributed by atoms with van der Waals surface area (Å²) in [6.07, 6.45) is -66.5. The first-order valence-electron chi connectivity index (χ1n) is 25.4. The Bertz CT molecular complexity index is 1900. The third-order valence-electron chi connectivity index (χ3n) is 14.9. The number of aliphatic hydroxyl groups is 20. The van der Waals surface area contributed by atoms with Crippen molar-refractivity contribution in [1.82, 2.24) is 5.32 Å². The number of carbonyl (C=O) groups excluding carboxylic acids is 1. The van der Waals surface area contributed by atoms with Gasteiger partial charge in [0.25, 0.3) is 0 Å². The topological polar surface area (TPSA) is 554 Å². The monoisotopic (exact) mass is 1160 g/mol. The molecule has 0 aromatic heterocycles. The minimum atomic E-state index is -2.24. The van der Waals surface area contributed by atoms with E-state index in [9.17, 15) is 107 Å². The number of nitrogens with one attached hydrogen (secondary N) is 1. The molecule has 7 rings (SSSR count). The number of ether oxygens (including phenoxy) is 13. The molecule has 7 saturated heterocycles. The molecule has 0 saturated carbocycles. The lowest BCUT2D eigenvalue weighted by Gasteiger charge is -2.53. The molecule has 35 atom stereocenters. The molecular formula is C44H75NO34. The summed E-state index contributed by atoms with van der Waals surface area (Å²) >= 11 is 0. The normalized spacial score (nSPS) is 52.9. The molecule has 0 radical (unpaired) electrons. The Morgan fingerprint density at radius 2 is 0.696 bits per heavy atom. The van der Waals surface area contributed by atoms with Gasteiger partial charge in [0.05, 0.1) is 45.2 Å². The van der Waals surface area contributed by atoms with Crippen LogP contribution in [0, 0.1) is 0 Å². The molecule has 21 N–H and O–H groups in total. The summed E-state index contributed by atoms with van der Waals surface area (Å²) < 4.78 is 76.6. The Morgan fingerprint density at radius 1 is 0.329 bits per heavy atom. The number of aliphatic hydroxyl groups excluding tert-OH is 20. The van der Waals surface area contributed by atoms with Gasteiger partial charge in [0.1, 0.15) is 159 Å². The first-order valence-corrected chi connectivity index (χ1v) is 25.4. The minimum absolute atomic E-state index is 0.940. The average Bonchev–Trinajstić information content (AvgIpc) is 3.46. The highest BCUT2D eigenvalue weighted by Crippen LogP contribution is 2.39. The van der Waals surface area contributed by atoms with Crippen LogP contribution in [-0.2, 0) is 66.4 Å². The van der Waals surface area contributed by atoms with Crippen molar-refractivity contribution in [3.8, 4) is 0 Å². The van der Waals surface area contributed by atoms with Crippen LogP contribution in [0.4, 0.5) is 0 Å². The molecule has 1 unspecified atom stereocenters. The largest absolute Gasteiger partial charge is 0.394 e. The van der Waals surface area contributed by atoms with Crippen molar-refractivity contribution in [3.63, 3.8) is 0 Å². The van der Waals surface area contributed by atoms with E-state index in [2.05, 4.69) is 5.32 Å². The molecule has 460 valence electrons. The Hall–Kier alpha value is -1.85. The average molecular weight is 1160 g/mol. The lowest BCUT2D eigenvalue weighted by atomic mass is 9.93. The van der Waals surface area contributed by atoms with Gasteiger partial charge in [0.15, 0.2) is 44.0 Å². The zero-order chi connectivity index (χ0) is 58.2. The molecule has 7 heterocycles. The van der Waals surface area contributed by atoms with Gasteiger partial charge in [-0.05, 0) is 13.8 Å². The molecule has 7 aliphatic heterocycles. The zero-order valence-electron chi connectivity index (χ0n) is 42.4. The summed E-state index contributed by atoms with van der Waals surface area (Å²) in [6, 6.07) is -1.94. The van der Waals surface area contributed by atoms with Crippen LogP contribution in [-0.4, -0.2) is 356 Å². The van der Waals surface area contributed by atoms with Crippen LogP contribution in [0.2, 0.25) is 0 Å². The molecule has 0 aromatic carbocycles. The fraction of sp³-hybridized carbons (Fsp3) is 0.977. The summed E-state index contributed by atoms with van der Waals surface area (Å²) in [6.45, 7) is -1.74. The summed E-state index contributed by atoms with van der Waals surface area (Å²) in [4.78, 5) is 13.3. The predicted octanol–water partition coefficient (Wildman–Crippen LogP) is -14.1. The van der Waals surface area contributed by atoms with Gasteiger partial charge in [-0.25, -0.2) is 0 Å². The van der Waals surface area contributed by atoms with Crippen LogP contribution in [0.3, 0.4) is 0 Å². The van der Waals surface area contributed by atoms with E-state index in [1.165, 1.54) is 13.8 Å². The van der Waals surface area contributed by atoms with E-state index in [0.717, 1.165) is 6.92 Å². The number of rotatable bonds is 18.